The third kappa shape index (κ3) is 4.71. The van der Waals surface area contributed by atoms with Gasteiger partial charge in [-0.1, -0.05) is 31.2 Å². The molecule has 114 valence electrons. The first-order valence-corrected chi connectivity index (χ1v) is 7.16. The maximum absolute atomic E-state index is 12.1. The van der Waals surface area contributed by atoms with Gasteiger partial charge in [-0.05, 0) is 36.9 Å². The van der Waals surface area contributed by atoms with Crippen molar-refractivity contribution in [2.75, 3.05) is 23.7 Å². The van der Waals surface area contributed by atoms with Crippen LogP contribution in [0, 0.1) is 0 Å². The van der Waals surface area contributed by atoms with Crippen molar-refractivity contribution >= 4 is 23.2 Å². The van der Waals surface area contributed by atoms with Crippen LogP contribution in [-0.2, 0) is 4.79 Å². The first-order valence-electron chi connectivity index (χ1n) is 7.16. The van der Waals surface area contributed by atoms with Crippen LogP contribution in [0.3, 0.4) is 0 Å². The second-order valence-corrected chi connectivity index (χ2v) is 4.73. The molecule has 0 heterocycles. The van der Waals surface area contributed by atoms with E-state index in [-0.39, 0.29) is 18.4 Å². The number of hydrogen-bond donors (Lipinski definition) is 3. The largest absolute Gasteiger partial charge is 0.325 e. The Labute approximate surface area is 129 Å². The summed E-state index contributed by atoms with van der Waals surface area (Å²) >= 11 is 0. The molecular weight excluding hydrogens is 278 g/mol. The van der Waals surface area contributed by atoms with Crippen LogP contribution >= 0.6 is 0 Å². The fraction of sp³-hybridized carbons (Fsp3) is 0.176. The van der Waals surface area contributed by atoms with E-state index >= 15 is 0 Å². The van der Waals surface area contributed by atoms with E-state index in [9.17, 15) is 9.59 Å². The van der Waals surface area contributed by atoms with Gasteiger partial charge in [0.1, 0.15) is 0 Å². The Hall–Kier alpha value is -2.66. The zero-order chi connectivity index (χ0) is 15.8. The number of anilines is 2. The van der Waals surface area contributed by atoms with E-state index in [2.05, 4.69) is 16.0 Å². The predicted molar refractivity (Wildman–Crippen MR) is 88.0 cm³/mol. The Kier molecular flexibility index (Phi) is 5.68. The number of carbonyl (C=O) groups excluding carboxylic acids is 2. The zero-order valence-electron chi connectivity index (χ0n) is 12.4. The molecule has 5 heteroatoms. The molecule has 0 unspecified atom stereocenters. The molecule has 2 aromatic rings. The summed E-state index contributed by atoms with van der Waals surface area (Å²) in [5.41, 5.74) is 1.87. The SMILES string of the molecule is CCNCC(=O)Nc1cccc(NC(=O)c2ccccc2)c1. The molecule has 0 spiro atoms. The molecule has 0 aliphatic heterocycles. The van der Waals surface area contributed by atoms with Crippen molar-refractivity contribution in [2.45, 2.75) is 6.92 Å². The highest BCUT2D eigenvalue weighted by Crippen LogP contribution is 2.16. The molecule has 0 atom stereocenters. The Morgan fingerprint density at radius 3 is 2.27 bits per heavy atom. The molecule has 0 radical (unpaired) electrons. The molecule has 0 bridgehead atoms. The van der Waals surface area contributed by atoms with E-state index in [0.717, 1.165) is 6.54 Å². The molecule has 2 rings (SSSR count). The van der Waals surface area contributed by atoms with E-state index in [4.69, 9.17) is 0 Å². The average molecular weight is 297 g/mol. The summed E-state index contributed by atoms with van der Waals surface area (Å²) in [6.07, 6.45) is 0. The number of hydrogen-bond acceptors (Lipinski definition) is 3. The summed E-state index contributed by atoms with van der Waals surface area (Å²) in [5.74, 6) is -0.301. The summed E-state index contributed by atoms with van der Waals surface area (Å²) in [6.45, 7) is 2.94. The predicted octanol–water partition coefficient (Wildman–Crippen LogP) is 2.49. The van der Waals surface area contributed by atoms with Crippen LogP contribution in [0.2, 0.25) is 0 Å². The third-order valence-corrected chi connectivity index (χ3v) is 2.98. The first kappa shape index (κ1) is 15.7. The van der Waals surface area contributed by atoms with Gasteiger partial charge in [-0.3, -0.25) is 9.59 Å². The van der Waals surface area contributed by atoms with Gasteiger partial charge in [0.05, 0.1) is 6.54 Å². The zero-order valence-corrected chi connectivity index (χ0v) is 12.4. The fourth-order valence-corrected chi connectivity index (χ4v) is 1.91. The van der Waals surface area contributed by atoms with Crippen molar-refractivity contribution in [3.8, 4) is 0 Å². The number of amides is 2. The van der Waals surface area contributed by atoms with Crippen molar-refractivity contribution in [1.82, 2.24) is 5.32 Å². The maximum Gasteiger partial charge on any atom is 0.255 e. The molecule has 0 aromatic heterocycles. The van der Waals surface area contributed by atoms with E-state index in [1.165, 1.54) is 0 Å². The topological polar surface area (TPSA) is 70.2 Å². The minimum atomic E-state index is -0.184. The van der Waals surface area contributed by atoms with Crippen LogP contribution in [0.25, 0.3) is 0 Å². The molecule has 0 fully saturated rings. The Morgan fingerprint density at radius 2 is 1.59 bits per heavy atom. The minimum absolute atomic E-state index is 0.117. The van der Waals surface area contributed by atoms with Crippen molar-refractivity contribution in [3.05, 3.63) is 60.2 Å². The third-order valence-electron chi connectivity index (χ3n) is 2.98. The first-order chi connectivity index (χ1) is 10.7. The monoisotopic (exact) mass is 297 g/mol. The van der Waals surface area contributed by atoms with Gasteiger partial charge < -0.3 is 16.0 Å². The Morgan fingerprint density at radius 1 is 0.909 bits per heavy atom. The van der Waals surface area contributed by atoms with Gasteiger partial charge in [-0.15, -0.1) is 0 Å². The smallest absolute Gasteiger partial charge is 0.255 e. The van der Waals surface area contributed by atoms with Gasteiger partial charge in [0, 0.05) is 16.9 Å². The summed E-state index contributed by atoms with van der Waals surface area (Å²) in [5, 5.41) is 8.54. The molecule has 0 saturated heterocycles. The van der Waals surface area contributed by atoms with E-state index in [1.54, 1.807) is 36.4 Å². The fourth-order valence-electron chi connectivity index (χ4n) is 1.91. The summed E-state index contributed by atoms with van der Waals surface area (Å²) in [7, 11) is 0. The lowest BCUT2D eigenvalue weighted by atomic mass is 10.2. The quantitative estimate of drug-likeness (QED) is 0.767. The van der Waals surface area contributed by atoms with Crippen molar-refractivity contribution in [1.29, 1.82) is 0 Å². The van der Waals surface area contributed by atoms with E-state index < -0.39 is 0 Å². The lowest BCUT2D eigenvalue weighted by molar-refractivity contribution is -0.115. The van der Waals surface area contributed by atoms with Crippen LogP contribution < -0.4 is 16.0 Å². The highest BCUT2D eigenvalue weighted by molar-refractivity contribution is 6.04. The molecule has 2 aromatic carbocycles. The molecule has 22 heavy (non-hydrogen) atoms. The maximum atomic E-state index is 12.1. The summed E-state index contributed by atoms with van der Waals surface area (Å²) < 4.78 is 0. The van der Waals surface area contributed by atoms with Gasteiger partial charge in [0.15, 0.2) is 0 Å². The Bertz CT molecular complexity index is 641. The van der Waals surface area contributed by atoms with Gasteiger partial charge in [-0.25, -0.2) is 0 Å². The number of rotatable bonds is 6. The average Bonchev–Trinajstić information content (AvgIpc) is 2.54. The van der Waals surface area contributed by atoms with E-state index in [0.29, 0.717) is 16.9 Å². The summed E-state index contributed by atoms with van der Waals surface area (Å²) in [6, 6.07) is 16.0. The Balaban J connectivity index is 1.99. The van der Waals surface area contributed by atoms with Crippen LogP contribution in [-0.4, -0.2) is 24.9 Å². The lowest BCUT2D eigenvalue weighted by Crippen LogP contribution is -2.27. The van der Waals surface area contributed by atoms with Crippen LogP contribution in [0.5, 0.6) is 0 Å². The molecule has 5 nitrogen and oxygen atoms in total. The molecule has 3 N–H and O–H groups in total. The highest BCUT2D eigenvalue weighted by atomic mass is 16.2. The van der Waals surface area contributed by atoms with Crippen molar-refractivity contribution in [2.24, 2.45) is 0 Å². The normalized spacial score (nSPS) is 10.0. The molecular formula is C17H19N3O2. The molecule has 0 aliphatic rings. The minimum Gasteiger partial charge on any atom is -0.325 e. The summed E-state index contributed by atoms with van der Waals surface area (Å²) in [4.78, 5) is 23.7. The number of carbonyl (C=O) groups is 2. The number of likely N-dealkylation sites (N-methyl/N-ethyl adjacent to an activating group) is 1. The van der Waals surface area contributed by atoms with Crippen molar-refractivity contribution in [3.63, 3.8) is 0 Å². The van der Waals surface area contributed by atoms with Gasteiger partial charge in [-0.2, -0.15) is 0 Å². The standard InChI is InChI=1S/C17H19N3O2/c1-2-18-12-16(21)19-14-9-6-10-15(11-14)20-17(22)13-7-4-3-5-8-13/h3-11,18H,2,12H2,1H3,(H,19,21)(H,20,22). The van der Waals surface area contributed by atoms with E-state index in [1.807, 2.05) is 25.1 Å². The van der Waals surface area contributed by atoms with Crippen molar-refractivity contribution < 1.29 is 9.59 Å². The van der Waals surface area contributed by atoms with Gasteiger partial charge in [0.2, 0.25) is 5.91 Å². The lowest BCUT2D eigenvalue weighted by Gasteiger charge is -2.09. The molecule has 0 aliphatic carbocycles. The molecule has 2 amide bonds. The van der Waals surface area contributed by atoms with Crippen LogP contribution in [0.4, 0.5) is 11.4 Å². The number of nitrogens with one attached hydrogen (secondary N) is 3. The molecule has 0 saturated carbocycles. The van der Waals surface area contributed by atoms with Gasteiger partial charge >= 0.3 is 0 Å². The second-order valence-electron chi connectivity index (χ2n) is 4.73. The van der Waals surface area contributed by atoms with Gasteiger partial charge in [0.25, 0.3) is 5.91 Å². The van der Waals surface area contributed by atoms with Crippen LogP contribution in [0.15, 0.2) is 54.6 Å². The highest BCUT2D eigenvalue weighted by Gasteiger charge is 2.06. The number of benzene rings is 2. The second kappa shape index (κ2) is 7.95. The van der Waals surface area contributed by atoms with Crippen LogP contribution in [0.1, 0.15) is 17.3 Å².